The minimum atomic E-state index is -0.762. The number of allylic oxidation sites excluding steroid dienone is 1. The van der Waals surface area contributed by atoms with Crippen LogP contribution in [0.15, 0.2) is 70.2 Å². The number of aliphatic imine (C=N–C) groups is 1. The third-order valence-electron chi connectivity index (χ3n) is 6.01. The molecule has 186 valence electrons. The van der Waals surface area contributed by atoms with Crippen LogP contribution >= 0.6 is 22.9 Å². The van der Waals surface area contributed by atoms with Gasteiger partial charge in [0.1, 0.15) is 10.9 Å². The second-order valence-corrected chi connectivity index (χ2v) is 9.61. The summed E-state index contributed by atoms with van der Waals surface area (Å²) in [4.78, 5) is 35.8. The Hall–Kier alpha value is -3.29. The molecule has 2 heterocycles. The second kappa shape index (κ2) is 11.2. The van der Waals surface area contributed by atoms with Gasteiger partial charge in [0.25, 0.3) is 0 Å². The number of rotatable bonds is 7. The Morgan fingerprint density at radius 1 is 1.03 bits per heavy atom. The van der Waals surface area contributed by atoms with Gasteiger partial charge in [0, 0.05) is 38.9 Å². The highest BCUT2D eigenvalue weighted by atomic mass is 35.5. The monoisotopic (exact) mass is 522 g/mol. The molecule has 36 heavy (non-hydrogen) atoms. The van der Waals surface area contributed by atoms with Gasteiger partial charge in [0.2, 0.25) is 0 Å². The van der Waals surface area contributed by atoms with E-state index in [-0.39, 0.29) is 13.2 Å². The summed E-state index contributed by atoms with van der Waals surface area (Å²) in [6, 6.07) is 15.2. The van der Waals surface area contributed by atoms with Crippen molar-refractivity contribution >= 4 is 40.6 Å². The summed E-state index contributed by atoms with van der Waals surface area (Å²) >= 11 is 7.68. The number of thiazole rings is 1. The predicted molar refractivity (Wildman–Crippen MR) is 143 cm³/mol. The van der Waals surface area contributed by atoms with Crippen molar-refractivity contribution in [2.75, 3.05) is 13.2 Å². The molecule has 0 N–H and O–H groups in total. The Morgan fingerprint density at radius 3 is 2.50 bits per heavy atom. The smallest absolute Gasteiger partial charge is 0.336 e. The number of aromatic nitrogens is 1. The number of carbonyl (C=O) groups excluding carboxylic acids is 2. The topological polar surface area (TPSA) is 77.8 Å². The second-order valence-electron chi connectivity index (χ2n) is 8.32. The van der Waals surface area contributed by atoms with Crippen molar-refractivity contribution in [3.05, 3.63) is 75.8 Å². The quantitative estimate of drug-likeness (QED) is 0.322. The van der Waals surface area contributed by atoms with Gasteiger partial charge in [-0.1, -0.05) is 48.0 Å². The van der Waals surface area contributed by atoms with E-state index in [1.807, 2.05) is 53.9 Å². The number of nitrogens with zero attached hydrogens (tertiary/aromatic N) is 2. The molecule has 2 atom stereocenters. The van der Waals surface area contributed by atoms with Crippen LogP contribution in [-0.4, -0.2) is 35.8 Å². The van der Waals surface area contributed by atoms with E-state index in [0.717, 1.165) is 27.4 Å². The van der Waals surface area contributed by atoms with Crippen LogP contribution in [0.5, 0.6) is 0 Å². The van der Waals surface area contributed by atoms with Crippen molar-refractivity contribution in [2.24, 2.45) is 10.9 Å². The molecule has 0 bridgehead atoms. The van der Waals surface area contributed by atoms with Crippen LogP contribution in [0.2, 0.25) is 5.02 Å². The summed E-state index contributed by atoms with van der Waals surface area (Å²) in [5, 5.41) is 3.38. The predicted octanol–water partition coefficient (Wildman–Crippen LogP) is 6.71. The van der Waals surface area contributed by atoms with Crippen LogP contribution in [0, 0.1) is 5.92 Å². The van der Waals surface area contributed by atoms with Gasteiger partial charge < -0.3 is 9.47 Å². The molecule has 1 aromatic heterocycles. The van der Waals surface area contributed by atoms with Gasteiger partial charge in [-0.3, -0.25) is 9.79 Å². The molecular formula is C28H27ClN2O4S. The number of carbonyl (C=O) groups is 2. The molecule has 1 aliphatic heterocycles. The first kappa shape index (κ1) is 25.8. The number of halogens is 1. The maximum atomic E-state index is 13.2. The SMILES string of the molecule is CCOC(=O)C1=C(C)N=C(C)C(C(=O)OCC)C1c1ccccc1-c1nc(-c2cccc(Cl)c2)cs1. The molecule has 6 nitrogen and oxygen atoms in total. The van der Waals surface area contributed by atoms with E-state index in [1.165, 1.54) is 11.3 Å². The highest BCUT2D eigenvalue weighted by Gasteiger charge is 2.43. The summed E-state index contributed by atoms with van der Waals surface area (Å²) in [5.41, 5.74) is 4.82. The molecule has 1 aliphatic rings. The minimum Gasteiger partial charge on any atom is -0.465 e. The van der Waals surface area contributed by atoms with Gasteiger partial charge >= 0.3 is 11.9 Å². The first-order valence-corrected chi connectivity index (χ1v) is 13.0. The molecule has 0 fully saturated rings. The molecule has 0 aliphatic carbocycles. The van der Waals surface area contributed by atoms with Crippen molar-refractivity contribution in [1.82, 2.24) is 4.98 Å². The first-order valence-electron chi connectivity index (χ1n) is 11.8. The largest absolute Gasteiger partial charge is 0.465 e. The molecular weight excluding hydrogens is 496 g/mol. The summed E-state index contributed by atoms with van der Waals surface area (Å²) in [6.45, 7) is 7.52. The molecule has 0 saturated heterocycles. The van der Waals surface area contributed by atoms with Gasteiger partial charge in [-0.05, 0) is 45.4 Å². The van der Waals surface area contributed by atoms with E-state index < -0.39 is 23.8 Å². The van der Waals surface area contributed by atoms with Crippen molar-refractivity contribution in [2.45, 2.75) is 33.6 Å². The Kier molecular flexibility index (Phi) is 8.01. The number of benzene rings is 2. The van der Waals surface area contributed by atoms with E-state index in [4.69, 9.17) is 26.1 Å². The van der Waals surface area contributed by atoms with Crippen molar-refractivity contribution in [3.63, 3.8) is 0 Å². The van der Waals surface area contributed by atoms with Crippen LogP contribution in [-0.2, 0) is 19.1 Å². The van der Waals surface area contributed by atoms with Gasteiger partial charge in [0.05, 0.1) is 24.5 Å². The maximum Gasteiger partial charge on any atom is 0.336 e. The average Bonchev–Trinajstić information content (AvgIpc) is 3.34. The fourth-order valence-corrected chi connectivity index (χ4v) is 5.59. The molecule has 3 aromatic rings. The average molecular weight is 523 g/mol. The summed E-state index contributed by atoms with van der Waals surface area (Å²) in [7, 11) is 0. The number of ether oxygens (including phenoxy) is 2. The fourth-order valence-electron chi connectivity index (χ4n) is 4.53. The maximum absolute atomic E-state index is 13.2. The normalized spacial score (nSPS) is 17.5. The fraction of sp³-hybridized carbons (Fsp3) is 0.286. The molecule has 0 radical (unpaired) electrons. The van der Waals surface area contributed by atoms with Crippen molar-refractivity contribution < 1.29 is 19.1 Å². The van der Waals surface area contributed by atoms with E-state index in [9.17, 15) is 9.59 Å². The minimum absolute atomic E-state index is 0.215. The van der Waals surface area contributed by atoms with Gasteiger partial charge in [0.15, 0.2) is 0 Å². The number of hydrogen-bond acceptors (Lipinski definition) is 7. The van der Waals surface area contributed by atoms with E-state index in [1.54, 1.807) is 27.7 Å². The zero-order valence-corrected chi connectivity index (χ0v) is 22.2. The van der Waals surface area contributed by atoms with Gasteiger partial charge in [-0.2, -0.15) is 0 Å². The van der Waals surface area contributed by atoms with Crippen LogP contribution in [0.25, 0.3) is 21.8 Å². The third kappa shape index (κ3) is 5.13. The van der Waals surface area contributed by atoms with Crippen LogP contribution in [0.3, 0.4) is 0 Å². The number of hydrogen-bond donors (Lipinski definition) is 0. The Bertz CT molecular complexity index is 1360. The highest BCUT2D eigenvalue weighted by molar-refractivity contribution is 7.13. The lowest BCUT2D eigenvalue weighted by atomic mass is 9.74. The van der Waals surface area contributed by atoms with Crippen molar-refractivity contribution in [3.8, 4) is 21.8 Å². The highest BCUT2D eigenvalue weighted by Crippen LogP contribution is 2.44. The Morgan fingerprint density at radius 2 is 1.78 bits per heavy atom. The molecule has 0 amide bonds. The lowest BCUT2D eigenvalue weighted by molar-refractivity contribution is -0.146. The molecule has 2 unspecified atom stereocenters. The molecule has 2 aromatic carbocycles. The van der Waals surface area contributed by atoms with E-state index >= 15 is 0 Å². The summed E-state index contributed by atoms with van der Waals surface area (Å²) in [6.07, 6.45) is 0. The van der Waals surface area contributed by atoms with Gasteiger partial charge in [-0.15, -0.1) is 11.3 Å². The summed E-state index contributed by atoms with van der Waals surface area (Å²) < 4.78 is 10.8. The molecule has 0 spiro atoms. The standard InChI is InChI=1S/C28H27ClN2O4S/c1-5-34-27(32)23-16(3)30-17(4)24(28(33)35-6-2)25(23)20-12-7-8-13-21(20)26-31-22(15-36-26)18-10-9-11-19(29)14-18/h7-15,23,25H,5-6H2,1-4H3. The van der Waals surface area contributed by atoms with E-state index in [2.05, 4.69) is 4.99 Å². The Labute approximate surface area is 219 Å². The number of esters is 2. The van der Waals surface area contributed by atoms with E-state index in [0.29, 0.717) is 22.0 Å². The zero-order chi connectivity index (χ0) is 25.8. The molecule has 8 heteroatoms. The summed E-state index contributed by atoms with van der Waals surface area (Å²) in [5.74, 6) is -2.30. The lowest BCUT2D eigenvalue weighted by Crippen LogP contribution is -2.36. The van der Waals surface area contributed by atoms with Crippen LogP contribution in [0.1, 0.15) is 39.2 Å². The van der Waals surface area contributed by atoms with Crippen LogP contribution < -0.4 is 0 Å². The zero-order valence-electron chi connectivity index (χ0n) is 20.6. The first-order chi connectivity index (χ1) is 17.3. The van der Waals surface area contributed by atoms with Crippen LogP contribution in [0.4, 0.5) is 0 Å². The molecule has 4 rings (SSSR count). The third-order valence-corrected chi connectivity index (χ3v) is 7.13. The lowest BCUT2D eigenvalue weighted by Gasteiger charge is -2.32. The van der Waals surface area contributed by atoms with Gasteiger partial charge in [-0.25, -0.2) is 9.78 Å². The Balaban J connectivity index is 1.87. The molecule has 0 saturated carbocycles. The van der Waals surface area contributed by atoms with Crippen molar-refractivity contribution in [1.29, 1.82) is 0 Å².